The molecule has 156 valence electrons. The van der Waals surface area contributed by atoms with Crippen LogP contribution in [-0.2, 0) is 19.6 Å². The van der Waals surface area contributed by atoms with E-state index in [0.717, 1.165) is 25.2 Å². The monoisotopic (exact) mass is 405 g/mol. The largest absolute Gasteiger partial charge is 0.454 e. The van der Waals surface area contributed by atoms with Crippen molar-refractivity contribution in [3.05, 3.63) is 93.8 Å². The van der Waals surface area contributed by atoms with Crippen LogP contribution in [0.25, 0.3) is 0 Å². The molecule has 2 aromatic heterocycles. The molecule has 0 atom stereocenters. The number of hydrogen-bond donors (Lipinski definition) is 1. The zero-order valence-electron chi connectivity index (χ0n) is 17.0. The van der Waals surface area contributed by atoms with E-state index in [4.69, 9.17) is 4.42 Å². The molecule has 0 unspecified atom stereocenters. The van der Waals surface area contributed by atoms with Crippen LogP contribution in [0.5, 0.6) is 0 Å². The van der Waals surface area contributed by atoms with Gasteiger partial charge in [0, 0.05) is 25.4 Å². The summed E-state index contributed by atoms with van der Waals surface area (Å²) in [5.74, 6) is 0.566. The molecule has 4 rings (SSSR count). The first-order chi connectivity index (χ1) is 14.7. The van der Waals surface area contributed by atoms with E-state index in [2.05, 4.69) is 28.4 Å². The van der Waals surface area contributed by atoms with Crippen LogP contribution in [-0.4, -0.2) is 28.5 Å². The molecule has 1 aliphatic heterocycles. The van der Waals surface area contributed by atoms with E-state index in [1.54, 1.807) is 30.5 Å². The summed E-state index contributed by atoms with van der Waals surface area (Å²) in [5, 5.41) is 2.96. The molecule has 3 heterocycles. The van der Waals surface area contributed by atoms with Gasteiger partial charge in [0.05, 0.1) is 6.54 Å². The number of furan rings is 1. The van der Waals surface area contributed by atoms with Crippen molar-refractivity contribution in [2.45, 2.75) is 38.9 Å². The molecule has 1 amide bonds. The Kier molecular flexibility index (Phi) is 6.44. The van der Waals surface area contributed by atoms with E-state index >= 15 is 0 Å². The van der Waals surface area contributed by atoms with Crippen molar-refractivity contribution in [1.82, 2.24) is 14.8 Å². The lowest BCUT2D eigenvalue weighted by atomic mass is 10.0. The number of hydrogen-bond acceptors (Lipinski definition) is 4. The number of carbonyl (C=O) groups excluding carboxylic acids is 1. The standard InChI is InChI=1S/C24H27N3O3/c28-23-10-4-7-15-27(23)18-21-11-12-22(30-21)24(29)25-16-19-8-2-3-9-20(19)17-26-13-5-1-6-14-26/h2-4,7-12,15H,1,5-6,13-14,16-18H2,(H,25,29). The number of aromatic nitrogens is 1. The van der Waals surface area contributed by atoms with Gasteiger partial charge in [-0.25, -0.2) is 0 Å². The van der Waals surface area contributed by atoms with E-state index in [1.807, 2.05) is 6.07 Å². The Bertz CT molecular complexity index is 1050. The van der Waals surface area contributed by atoms with Gasteiger partial charge in [-0.1, -0.05) is 36.8 Å². The fourth-order valence-electron chi connectivity index (χ4n) is 3.85. The number of likely N-dealkylation sites (tertiary alicyclic amines) is 1. The van der Waals surface area contributed by atoms with Gasteiger partial charge < -0.3 is 14.3 Å². The van der Waals surface area contributed by atoms with Crippen LogP contribution in [0.4, 0.5) is 0 Å². The molecule has 1 fully saturated rings. The van der Waals surface area contributed by atoms with Crippen molar-refractivity contribution in [2.75, 3.05) is 13.1 Å². The van der Waals surface area contributed by atoms with E-state index < -0.39 is 0 Å². The molecule has 30 heavy (non-hydrogen) atoms. The molecule has 0 aliphatic carbocycles. The Morgan fingerprint density at radius 1 is 0.900 bits per heavy atom. The lowest BCUT2D eigenvalue weighted by Gasteiger charge is -2.27. The molecule has 1 aromatic carbocycles. The van der Waals surface area contributed by atoms with Crippen molar-refractivity contribution >= 4 is 5.91 Å². The molecule has 0 saturated carbocycles. The minimum atomic E-state index is -0.255. The van der Waals surface area contributed by atoms with Gasteiger partial charge in [0.2, 0.25) is 0 Å². The average Bonchev–Trinajstić information content (AvgIpc) is 3.24. The third kappa shape index (κ3) is 5.07. The molecule has 0 radical (unpaired) electrons. The topological polar surface area (TPSA) is 67.5 Å². The number of nitrogens with one attached hydrogen (secondary N) is 1. The van der Waals surface area contributed by atoms with Crippen LogP contribution in [0.2, 0.25) is 0 Å². The van der Waals surface area contributed by atoms with Gasteiger partial charge in [0.15, 0.2) is 5.76 Å². The Balaban J connectivity index is 1.37. The Morgan fingerprint density at radius 3 is 2.47 bits per heavy atom. The fourth-order valence-corrected chi connectivity index (χ4v) is 3.85. The van der Waals surface area contributed by atoms with Crippen molar-refractivity contribution < 1.29 is 9.21 Å². The number of amides is 1. The predicted molar refractivity (Wildman–Crippen MR) is 115 cm³/mol. The third-order valence-electron chi connectivity index (χ3n) is 5.51. The van der Waals surface area contributed by atoms with Gasteiger partial charge in [-0.3, -0.25) is 14.5 Å². The SMILES string of the molecule is O=C(NCc1ccccc1CN1CCCCC1)c1ccc(Cn2ccccc2=O)o1. The lowest BCUT2D eigenvalue weighted by Crippen LogP contribution is -2.30. The number of pyridine rings is 1. The van der Waals surface area contributed by atoms with Gasteiger partial charge >= 0.3 is 0 Å². The summed E-state index contributed by atoms with van der Waals surface area (Å²) in [5.41, 5.74) is 2.27. The number of nitrogens with zero attached hydrogens (tertiary/aromatic N) is 2. The van der Waals surface area contributed by atoms with E-state index in [9.17, 15) is 9.59 Å². The third-order valence-corrected chi connectivity index (χ3v) is 5.51. The van der Waals surface area contributed by atoms with Crippen LogP contribution in [0, 0.1) is 0 Å². The molecule has 6 nitrogen and oxygen atoms in total. The molecular formula is C24H27N3O3. The zero-order valence-corrected chi connectivity index (χ0v) is 17.0. The highest BCUT2D eigenvalue weighted by atomic mass is 16.4. The van der Waals surface area contributed by atoms with Crippen LogP contribution < -0.4 is 10.9 Å². The number of benzene rings is 1. The summed E-state index contributed by atoms with van der Waals surface area (Å²) in [4.78, 5) is 26.9. The summed E-state index contributed by atoms with van der Waals surface area (Å²) in [6.45, 7) is 3.95. The number of piperidine rings is 1. The normalized spacial score (nSPS) is 14.5. The minimum Gasteiger partial charge on any atom is -0.454 e. The highest BCUT2D eigenvalue weighted by Gasteiger charge is 2.15. The van der Waals surface area contributed by atoms with Crippen LogP contribution in [0.3, 0.4) is 0 Å². The highest BCUT2D eigenvalue weighted by Crippen LogP contribution is 2.16. The quantitative estimate of drug-likeness (QED) is 0.654. The fraction of sp³-hybridized carbons (Fsp3) is 0.333. The van der Waals surface area contributed by atoms with Gasteiger partial charge in [0.25, 0.3) is 11.5 Å². The summed E-state index contributed by atoms with van der Waals surface area (Å²) in [7, 11) is 0. The van der Waals surface area contributed by atoms with Gasteiger partial charge in [-0.2, -0.15) is 0 Å². The smallest absolute Gasteiger partial charge is 0.287 e. The second kappa shape index (κ2) is 9.59. The first kappa shape index (κ1) is 20.2. The molecule has 3 aromatic rings. The number of rotatable bonds is 7. The average molecular weight is 405 g/mol. The second-order valence-electron chi connectivity index (χ2n) is 7.72. The first-order valence-electron chi connectivity index (χ1n) is 10.5. The minimum absolute atomic E-state index is 0.106. The highest BCUT2D eigenvalue weighted by molar-refractivity contribution is 5.91. The maximum atomic E-state index is 12.6. The van der Waals surface area contributed by atoms with E-state index in [0.29, 0.717) is 18.8 Å². The molecule has 1 aliphatic rings. The van der Waals surface area contributed by atoms with Gasteiger partial charge in [-0.15, -0.1) is 0 Å². The van der Waals surface area contributed by atoms with Crippen molar-refractivity contribution in [3.63, 3.8) is 0 Å². The Morgan fingerprint density at radius 2 is 1.67 bits per heavy atom. The number of carbonyl (C=O) groups is 1. The summed E-state index contributed by atoms with van der Waals surface area (Å²) in [6, 6.07) is 16.6. The van der Waals surface area contributed by atoms with Crippen LogP contribution >= 0.6 is 0 Å². The van der Waals surface area contributed by atoms with Crippen molar-refractivity contribution in [3.8, 4) is 0 Å². The van der Waals surface area contributed by atoms with Crippen molar-refractivity contribution in [2.24, 2.45) is 0 Å². The first-order valence-corrected chi connectivity index (χ1v) is 10.5. The molecule has 0 spiro atoms. The van der Waals surface area contributed by atoms with Gasteiger partial charge in [0.1, 0.15) is 5.76 Å². The Labute approximate surface area is 176 Å². The van der Waals surface area contributed by atoms with E-state index in [1.165, 1.54) is 35.5 Å². The molecular weight excluding hydrogens is 378 g/mol. The lowest BCUT2D eigenvalue weighted by molar-refractivity contribution is 0.0921. The molecule has 6 heteroatoms. The maximum Gasteiger partial charge on any atom is 0.287 e. The molecule has 1 N–H and O–H groups in total. The second-order valence-corrected chi connectivity index (χ2v) is 7.72. The predicted octanol–water partition coefficient (Wildman–Crippen LogP) is 3.41. The summed E-state index contributed by atoms with van der Waals surface area (Å²) >= 11 is 0. The zero-order chi connectivity index (χ0) is 20.8. The Hall–Kier alpha value is -3.12. The summed E-state index contributed by atoms with van der Waals surface area (Å²) in [6.07, 6.45) is 5.53. The van der Waals surface area contributed by atoms with Crippen LogP contribution in [0.1, 0.15) is 46.7 Å². The van der Waals surface area contributed by atoms with Crippen LogP contribution in [0.15, 0.2) is 70.0 Å². The molecule has 0 bridgehead atoms. The van der Waals surface area contributed by atoms with Gasteiger partial charge in [-0.05, 0) is 55.3 Å². The maximum absolute atomic E-state index is 12.6. The molecule has 1 saturated heterocycles. The summed E-state index contributed by atoms with van der Waals surface area (Å²) < 4.78 is 7.20. The van der Waals surface area contributed by atoms with E-state index in [-0.39, 0.29) is 17.2 Å². The van der Waals surface area contributed by atoms with Crippen molar-refractivity contribution in [1.29, 1.82) is 0 Å².